The third kappa shape index (κ3) is 4.98. The lowest BCUT2D eigenvalue weighted by Gasteiger charge is -2.42. The Morgan fingerprint density at radius 1 is 1.00 bits per heavy atom. The molecule has 194 valence electrons. The molecule has 0 aliphatic carbocycles. The molecule has 5 rings (SSSR count). The van der Waals surface area contributed by atoms with E-state index in [1.165, 1.54) is 5.56 Å². The molecule has 0 bridgehead atoms. The Morgan fingerprint density at radius 3 is 2.51 bits per heavy atom. The van der Waals surface area contributed by atoms with Gasteiger partial charge in [0.25, 0.3) is 6.29 Å². The maximum atomic E-state index is 5.99. The van der Waals surface area contributed by atoms with Gasteiger partial charge in [-0.3, -0.25) is 4.57 Å². The van der Waals surface area contributed by atoms with Gasteiger partial charge in [0.05, 0.1) is 23.4 Å². The standard InChI is InChI=1S/C29H33N3O5/c1-6-35-27-26(33-4)19(3)36-29(28(27)34-5)37-31-16-20-9-13-23-21(15-20)10-14-24-25(23)30-17-32(24)22-11-7-18(2)8-12-22/h7-17,19,26-29H,6H2,1-5H3/b31-16+/t19-,26-,27+,28+,29+/m0/s1. The molecule has 4 aromatic rings. The van der Waals surface area contributed by atoms with Crippen molar-refractivity contribution < 1.29 is 23.8 Å². The minimum Gasteiger partial charge on any atom is -0.376 e. The van der Waals surface area contributed by atoms with Gasteiger partial charge in [-0.1, -0.05) is 41.1 Å². The van der Waals surface area contributed by atoms with Crippen molar-refractivity contribution in [3.8, 4) is 5.69 Å². The zero-order valence-corrected chi connectivity index (χ0v) is 21.8. The van der Waals surface area contributed by atoms with Crippen LogP contribution in [0, 0.1) is 6.92 Å². The van der Waals surface area contributed by atoms with E-state index < -0.39 is 12.4 Å². The lowest BCUT2D eigenvalue weighted by Crippen LogP contribution is -2.59. The SMILES string of the molecule is CCO[C@@H]1[C@@H](OC)[C@H](C)O[C@H](O/N=C/c2ccc3c(ccc4c3ncn4-c3ccc(C)cc3)c2)[C@@H]1OC. The van der Waals surface area contributed by atoms with Crippen LogP contribution in [0.1, 0.15) is 25.0 Å². The fourth-order valence-corrected chi connectivity index (χ4v) is 4.98. The van der Waals surface area contributed by atoms with E-state index in [0.29, 0.717) is 6.61 Å². The summed E-state index contributed by atoms with van der Waals surface area (Å²) in [5, 5.41) is 6.37. The Bertz CT molecular complexity index is 1380. The van der Waals surface area contributed by atoms with Gasteiger partial charge in [0.2, 0.25) is 0 Å². The molecule has 37 heavy (non-hydrogen) atoms. The summed E-state index contributed by atoms with van der Waals surface area (Å²) in [6, 6.07) is 18.8. The number of aryl methyl sites for hydroxylation is 1. The molecule has 8 nitrogen and oxygen atoms in total. The second-order valence-corrected chi connectivity index (χ2v) is 9.23. The number of benzene rings is 3. The topological polar surface area (TPSA) is 76.3 Å². The van der Waals surface area contributed by atoms with Gasteiger partial charge in [-0.05, 0) is 56.0 Å². The fraction of sp³-hybridized carbons (Fsp3) is 0.379. The van der Waals surface area contributed by atoms with E-state index in [1.54, 1.807) is 20.4 Å². The predicted molar refractivity (Wildman–Crippen MR) is 143 cm³/mol. The number of fused-ring (bicyclic) bond motifs is 3. The highest BCUT2D eigenvalue weighted by Crippen LogP contribution is 2.29. The van der Waals surface area contributed by atoms with Crippen LogP contribution in [-0.4, -0.2) is 67.3 Å². The number of imidazole rings is 1. The van der Waals surface area contributed by atoms with Crippen LogP contribution in [0.5, 0.6) is 0 Å². The highest BCUT2D eigenvalue weighted by molar-refractivity contribution is 6.06. The Balaban J connectivity index is 1.35. The zero-order chi connectivity index (χ0) is 25.9. The van der Waals surface area contributed by atoms with E-state index in [4.69, 9.17) is 28.8 Å². The van der Waals surface area contributed by atoms with Crippen LogP contribution in [0.3, 0.4) is 0 Å². The van der Waals surface area contributed by atoms with E-state index >= 15 is 0 Å². The van der Waals surface area contributed by atoms with Gasteiger partial charge < -0.3 is 23.8 Å². The number of hydrogen-bond acceptors (Lipinski definition) is 7. The Hall–Kier alpha value is -3.30. The van der Waals surface area contributed by atoms with Gasteiger partial charge >= 0.3 is 0 Å². The van der Waals surface area contributed by atoms with Crippen molar-refractivity contribution in [3.63, 3.8) is 0 Å². The van der Waals surface area contributed by atoms with Crippen LogP contribution in [0.25, 0.3) is 27.5 Å². The number of ether oxygens (including phenoxy) is 4. The smallest absolute Gasteiger partial charge is 0.256 e. The summed E-state index contributed by atoms with van der Waals surface area (Å²) in [5.74, 6) is 0. The van der Waals surface area contributed by atoms with Crippen molar-refractivity contribution in [3.05, 3.63) is 72.1 Å². The van der Waals surface area contributed by atoms with Gasteiger partial charge in [-0.2, -0.15) is 0 Å². The molecule has 1 aliphatic heterocycles. The van der Waals surface area contributed by atoms with E-state index in [9.17, 15) is 0 Å². The summed E-state index contributed by atoms with van der Waals surface area (Å²) in [7, 11) is 3.25. The molecule has 1 aliphatic rings. The quantitative estimate of drug-likeness (QED) is 0.248. The number of methoxy groups -OCH3 is 2. The Morgan fingerprint density at radius 2 is 1.78 bits per heavy atom. The van der Waals surface area contributed by atoms with Gasteiger partial charge in [-0.25, -0.2) is 4.98 Å². The fourth-order valence-electron chi connectivity index (χ4n) is 4.98. The summed E-state index contributed by atoms with van der Waals surface area (Å²) in [4.78, 5) is 10.5. The van der Waals surface area contributed by atoms with Crippen LogP contribution in [0.15, 0.2) is 66.1 Å². The Labute approximate surface area is 216 Å². The molecular weight excluding hydrogens is 470 g/mol. The van der Waals surface area contributed by atoms with Crippen molar-refractivity contribution in [2.75, 3.05) is 20.8 Å². The first-order valence-corrected chi connectivity index (χ1v) is 12.5. The van der Waals surface area contributed by atoms with Crippen molar-refractivity contribution in [2.24, 2.45) is 5.16 Å². The van der Waals surface area contributed by atoms with Crippen LogP contribution >= 0.6 is 0 Å². The largest absolute Gasteiger partial charge is 0.376 e. The Kier molecular flexibility index (Phi) is 7.53. The van der Waals surface area contributed by atoms with Crippen LogP contribution in [0.4, 0.5) is 0 Å². The lowest BCUT2D eigenvalue weighted by molar-refractivity contribution is -0.308. The van der Waals surface area contributed by atoms with Crippen LogP contribution in [0.2, 0.25) is 0 Å². The van der Waals surface area contributed by atoms with Gasteiger partial charge in [0, 0.05) is 31.9 Å². The van der Waals surface area contributed by atoms with E-state index in [1.807, 2.05) is 26.2 Å². The number of rotatable bonds is 8. The first kappa shape index (κ1) is 25.4. The predicted octanol–water partition coefficient (Wildman–Crippen LogP) is 5.02. The monoisotopic (exact) mass is 503 g/mol. The zero-order valence-electron chi connectivity index (χ0n) is 21.8. The third-order valence-corrected chi connectivity index (χ3v) is 6.87. The molecular formula is C29H33N3O5. The summed E-state index contributed by atoms with van der Waals surface area (Å²) < 4.78 is 25.3. The van der Waals surface area contributed by atoms with Crippen LogP contribution < -0.4 is 0 Å². The molecule has 1 aromatic heterocycles. The third-order valence-electron chi connectivity index (χ3n) is 6.87. The molecule has 5 atom stereocenters. The lowest BCUT2D eigenvalue weighted by atomic mass is 9.99. The molecule has 0 spiro atoms. The van der Waals surface area contributed by atoms with E-state index in [-0.39, 0.29) is 18.3 Å². The average Bonchev–Trinajstić information content (AvgIpc) is 3.34. The molecule has 0 N–H and O–H groups in total. The van der Waals surface area contributed by atoms with Crippen molar-refractivity contribution in [2.45, 2.75) is 51.5 Å². The molecule has 1 saturated heterocycles. The van der Waals surface area contributed by atoms with E-state index in [2.05, 4.69) is 65.2 Å². The molecule has 0 radical (unpaired) electrons. The summed E-state index contributed by atoms with van der Waals surface area (Å²) in [5.41, 5.74) is 5.24. The molecule has 0 amide bonds. The number of nitrogens with zero attached hydrogens (tertiary/aromatic N) is 3. The van der Waals surface area contributed by atoms with Gasteiger partial charge in [0.1, 0.15) is 18.5 Å². The molecule has 8 heteroatoms. The minimum absolute atomic E-state index is 0.240. The number of hydrogen-bond donors (Lipinski definition) is 0. The molecule has 2 heterocycles. The average molecular weight is 504 g/mol. The van der Waals surface area contributed by atoms with Gasteiger partial charge in [0.15, 0.2) is 6.10 Å². The summed E-state index contributed by atoms with van der Waals surface area (Å²) in [6.45, 7) is 6.48. The molecule has 0 unspecified atom stereocenters. The highest BCUT2D eigenvalue weighted by Gasteiger charge is 2.47. The normalized spacial score (nSPS) is 24.3. The van der Waals surface area contributed by atoms with Crippen molar-refractivity contribution in [1.82, 2.24) is 9.55 Å². The second-order valence-electron chi connectivity index (χ2n) is 9.23. The molecule has 3 aromatic carbocycles. The summed E-state index contributed by atoms with van der Waals surface area (Å²) in [6.07, 6.45) is 1.52. The van der Waals surface area contributed by atoms with E-state index in [0.717, 1.165) is 33.1 Å². The van der Waals surface area contributed by atoms with Gasteiger partial charge in [-0.15, -0.1) is 0 Å². The summed E-state index contributed by atoms with van der Waals surface area (Å²) >= 11 is 0. The highest BCUT2D eigenvalue weighted by atomic mass is 16.8. The van der Waals surface area contributed by atoms with Crippen LogP contribution in [-0.2, 0) is 23.8 Å². The van der Waals surface area contributed by atoms with Crippen molar-refractivity contribution in [1.29, 1.82) is 0 Å². The molecule has 0 saturated carbocycles. The number of oxime groups is 1. The minimum atomic E-state index is -0.718. The first-order chi connectivity index (χ1) is 18.0. The second kappa shape index (κ2) is 11.0. The maximum absolute atomic E-state index is 5.99. The maximum Gasteiger partial charge on any atom is 0.256 e. The van der Waals surface area contributed by atoms with Crippen molar-refractivity contribution >= 4 is 28.0 Å². The first-order valence-electron chi connectivity index (χ1n) is 12.5. The molecule has 1 fully saturated rings. The number of aromatic nitrogens is 2.